The van der Waals surface area contributed by atoms with Crippen LogP contribution in [0.25, 0.3) is 11.4 Å². The maximum atomic E-state index is 12.6. The first kappa shape index (κ1) is 17.8. The van der Waals surface area contributed by atoms with E-state index < -0.39 is 0 Å². The molecule has 0 N–H and O–H groups in total. The topological polar surface area (TPSA) is 38.1 Å². The Hall–Kier alpha value is -2.59. The Kier molecular flexibility index (Phi) is 5.26. The third kappa shape index (κ3) is 4.06. The molecule has 0 unspecified atom stereocenters. The van der Waals surface area contributed by atoms with Gasteiger partial charge in [-0.25, -0.2) is 4.98 Å². The van der Waals surface area contributed by atoms with Crippen molar-refractivity contribution in [2.24, 2.45) is 5.92 Å². The van der Waals surface area contributed by atoms with E-state index in [1.165, 1.54) is 0 Å². The van der Waals surface area contributed by atoms with Crippen LogP contribution in [0.15, 0.2) is 67.0 Å². The summed E-state index contributed by atoms with van der Waals surface area (Å²) in [6.45, 7) is 2.52. The van der Waals surface area contributed by atoms with Gasteiger partial charge < -0.3 is 9.47 Å². The van der Waals surface area contributed by atoms with Gasteiger partial charge in [0.2, 0.25) is 0 Å². The minimum absolute atomic E-state index is 0.0951. The van der Waals surface area contributed by atoms with Gasteiger partial charge in [0.25, 0.3) is 5.91 Å². The summed E-state index contributed by atoms with van der Waals surface area (Å²) in [5, 5.41) is 0.653. The summed E-state index contributed by atoms with van der Waals surface area (Å²) in [5.41, 5.74) is 1.84. The summed E-state index contributed by atoms with van der Waals surface area (Å²) >= 11 is 5.91. The van der Waals surface area contributed by atoms with Gasteiger partial charge in [-0.3, -0.25) is 4.79 Å². The third-order valence-corrected chi connectivity index (χ3v) is 5.45. The van der Waals surface area contributed by atoms with Gasteiger partial charge in [0.1, 0.15) is 5.82 Å². The highest BCUT2D eigenvalue weighted by Crippen LogP contribution is 2.24. The maximum absolute atomic E-state index is 12.6. The lowest BCUT2D eigenvalue weighted by atomic mass is 9.96. The monoisotopic (exact) mass is 379 g/mol. The van der Waals surface area contributed by atoms with Gasteiger partial charge in [0.15, 0.2) is 0 Å². The van der Waals surface area contributed by atoms with Crippen LogP contribution in [0.2, 0.25) is 5.02 Å². The van der Waals surface area contributed by atoms with Crippen LogP contribution in [-0.2, 0) is 6.54 Å². The molecule has 2 heterocycles. The first-order valence-electron chi connectivity index (χ1n) is 9.32. The quantitative estimate of drug-likeness (QED) is 0.655. The normalized spacial score (nSPS) is 15.1. The minimum Gasteiger partial charge on any atom is -0.339 e. The van der Waals surface area contributed by atoms with E-state index in [1.807, 2.05) is 35.5 Å². The number of carbonyl (C=O) groups excluding carboxylic acids is 1. The number of piperidine rings is 1. The summed E-state index contributed by atoms with van der Waals surface area (Å²) in [4.78, 5) is 19.1. The van der Waals surface area contributed by atoms with Crippen molar-refractivity contribution in [3.8, 4) is 11.4 Å². The van der Waals surface area contributed by atoms with Crippen LogP contribution in [0, 0.1) is 5.92 Å². The van der Waals surface area contributed by atoms with Crippen molar-refractivity contribution in [3.63, 3.8) is 0 Å². The van der Waals surface area contributed by atoms with Crippen LogP contribution >= 0.6 is 11.6 Å². The molecular formula is C22H22ClN3O. The zero-order valence-electron chi connectivity index (χ0n) is 15.1. The molecule has 4 rings (SSSR count). The average Bonchev–Trinajstić information content (AvgIpc) is 3.17. The second kappa shape index (κ2) is 7.97. The molecule has 0 spiro atoms. The van der Waals surface area contributed by atoms with E-state index in [4.69, 9.17) is 11.6 Å². The third-order valence-electron chi connectivity index (χ3n) is 5.20. The lowest BCUT2D eigenvalue weighted by Crippen LogP contribution is -2.39. The molecule has 138 valence electrons. The molecular weight excluding hydrogens is 358 g/mol. The fourth-order valence-corrected chi connectivity index (χ4v) is 3.80. The molecule has 0 saturated carbocycles. The Labute approximate surface area is 164 Å². The van der Waals surface area contributed by atoms with Crippen LogP contribution < -0.4 is 0 Å². The number of nitrogens with zero attached hydrogens (tertiary/aromatic N) is 3. The van der Waals surface area contributed by atoms with Gasteiger partial charge in [-0.2, -0.15) is 0 Å². The van der Waals surface area contributed by atoms with E-state index in [0.717, 1.165) is 43.9 Å². The fourth-order valence-electron chi connectivity index (χ4n) is 3.68. The molecule has 3 aromatic rings. The predicted octanol–water partition coefficient (Wildman–Crippen LogP) is 4.76. The smallest absolute Gasteiger partial charge is 0.253 e. The van der Waals surface area contributed by atoms with Gasteiger partial charge >= 0.3 is 0 Å². The average molecular weight is 380 g/mol. The van der Waals surface area contributed by atoms with Crippen LogP contribution in [0.1, 0.15) is 23.2 Å². The van der Waals surface area contributed by atoms with E-state index in [0.29, 0.717) is 16.5 Å². The summed E-state index contributed by atoms with van der Waals surface area (Å²) in [5.74, 6) is 1.66. The molecule has 1 saturated heterocycles. The molecule has 1 amide bonds. The van der Waals surface area contributed by atoms with E-state index in [2.05, 4.69) is 21.7 Å². The summed E-state index contributed by atoms with van der Waals surface area (Å²) < 4.78 is 2.23. The van der Waals surface area contributed by atoms with Crippen LogP contribution in [0.4, 0.5) is 0 Å². The predicted molar refractivity (Wildman–Crippen MR) is 108 cm³/mol. The number of rotatable bonds is 4. The Morgan fingerprint density at radius 2 is 1.74 bits per heavy atom. The molecule has 27 heavy (non-hydrogen) atoms. The van der Waals surface area contributed by atoms with Crippen molar-refractivity contribution in [1.82, 2.24) is 14.5 Å². The molecule has 0 atom stereocenters. The van der Waals surface area contributed by atoms with Gasteiger partial charge in [-0.15, -0.1) is 0 Å². The van der Waals surface area contributed by atoms with Crippen molar-refractivity contribution < 1.29 is 4.79 Å². The lowest BCUT2D eigenvalue weighted by Gasteiger charge is -2.32. The van der Waals surface area contributed by atoms with E-state index in [9.17, 15) is 4.79 Å². The number of imidazole rings is 1. The zero-order chi connectivity index (χ0) is 18.6. The highest BCUT2D eigenvalue weighted by Gasteiger charge is 2.24. The Bertz CT molecular complexity index is 897. The minimum atomic E-state index is 0.0951. The molecule has 1 fully saturated rings. The number of hydrogen-bond acceptors (Lipinski definition) is 2. The van der Waals surface area contributed by atoms with Crippen LogP contribution in [0.5, 0.6) is 0 Å². The molecule has 1 aromatic heterocycles. The van der Waals surface area contributed by atoms with Crippen molar-refractivity contribution in [2.75, 3.05) is 13.1 Å². The number of aromatic nitrogens is 2. The van der Waals surface area contributed by atoms with Crippen LogP contribution in [-0.4, -0.2) is 33.4 Å². The van der Waals surface area contributed by atoms with Crippen LogP contribution in [0.3, 0.4) is 0 Å². The van der Waals surface area contributed by atoms with E-state index in [1.54, 1.807) is 24.3 Å². The van der Waals surface area contributed by atoms with Crippen molar-refractivity contribution in [3.05, 3.63) is 77.6 Å². The number of likely N-dealkylation sites (tertiary alicyclic amines) is 1. The van der Waals surface area contributed by atoms with E-state index in [-0.39, 0.29) is 5.91 Å². The number of benzene rings is 2. The van der Waals surface area contributed by atoms with Gasteiger partial charge in [0, 0.05) is 48.2 Å². The first-order chi connectivity index (χ1) is 13.2. The number of hydrogen-bond donors (Lipinski definition) is 0. The number of halogens is 1. The first-order valence-corrected chi connectivity index (χ1v) is 9.70. The largest absolute Gasteiger partial charge is 0.339 e. The molecule has 5 heteroatoms. The van der Waals surface area contributed by atoms with Gasteiger partial charge in [0.05, 0.1) is 0 Å². The van der Waals surface area contributed by atoms with Crippen molar-refractivity contribution in [1.29, 1.82) is 0 Å². The lowest BCUT2D eigenvalue weighted by molar-refractivity contribution is 0.0683. The fraction of sp³-hybridized carbons (Fsp3) is 0.273. The molecule has 0 aliphatic carbocycles. The highest BCUT2D eigenvalue weighted by atomic mass is 35.5. The Morgan fingerprint density at radius 1 is 1.04 bits per heavy atom. The van der Waals surface area contributed by atoms with Crippen molar-refractivity contribution in [2.45, 2.75) is 19.4 Å². The molecule has 1 aliphatic heterocycles. The Morgan fingerprint density at radius 3 is 2.44 bits per heavy atom. The SMILES string of the molecule is O=C(c1ccc(Cl)cc1)N1CCC(Cn2ccnc2-c2ccccc2)CC1. The number of amides is 1. The maximum Gasteiger partial charge on any atom is 0.253 e. The van der Waals surface area contributed by atoms with Gasteiger partial charge in [-0.1, -0.05) is 41.9 Å². The Balaban J connectivity index is 1.37. The molecule has 0 bridgehead atoms. The molecule has 1 aliphatic rings. The molecule has 0 radical (unpaired) electrons. The van der Waals surface area contributed by atoms with E-state index >= 15 is 0 Å². The second-order valence-electron chi connectivity index (χ2n) is 7.01. The summed E-state index contributed by atoms with van der Waals surface area (Å²) in [6.07, 6.45) is 5.92. The zero-order valence-corrected chi connectivity index (χ0v) is 15.8. The standard InChI is InChI=1S/C22H22ClN3O/c23-20-8-6-19(7-9-20)22(27)25-13-10-17(11-14-25)16-26-15-12-24-21(26)18-4-2-1-3-5-18/h1-9,12,15,17H,10-11,13-14,16H2. The summed E-state index contributed by atoms with van der Waals surface area (Å²) in [7, 11) is 0. The molecule has 4 nitrogen and oxygen atoms in total. The molecule has 2 aromatic carbocycles. The highest BCUT2D eigenvalue weighted by molar-refractivity contribution is 6.30. The second-order valence-corrected chi connectivity index (χ2v) is 7.45. The van der Waals surface area contributed by atoms with Crippen molar-refractivity contribution >= 4 is 17.5 Å². The van der Waals surface area contributed by atoms with Gasteiger partial charge in [-0.05, 0) is 43.0 Å². The number of carbonyl (C=O) groups is 1. The summed E-state index contributed by atoms with van der Waals surface area (Å²) in [6, 6.07) is 17.4.